The van der Waals surface area contributed by atoms with Crippen molar-refractivity contribution in [2.24, 2.45) is 0 Å². The molecule has 30 heavy (non-hydrogen) atoms. The van der Waals surface area contributed by atoms with Gasteiger partial charge in [0, 0.05) is 29.8 Å². The lowest BCUT2D eigenvalue weighted by atomic mass is 10.1. The Balaban J connectivity index is 1.67. The second kappa shape index (κ2) is 10.4. The molecule has 3 N–H and O–H groups in total. The van der Waals surface area contributed by atoms with Gasteiger partial charge in [0.05, 0.1) is 17.9 Å². The van der Waals surface area contributed by atoms with E-state index < -0.39 is 5.76 Å². The predicted molar refractivity (Wildman–Crippen MR) is 113 cm³/mol. The molecule has 1 heterocycles. The van der Waals surface area contributed by atoms with Gasteiger partial charge in [-0.1, -0.05) is 29.4 Å². The Labute approximate surface area is 176 Å². The summed E-state index contributed by atoms with van der Waals surface area (Å²) in [5.74, 6) is -0.656. The van der Waals surface area contributed by atoms with Crippen molar-refractivity contribution in [3.8, 4) is 11.4 Å². The minimum atomic E-state index is -0.656. The average molecular weight is 428 g/mol. The van der Waals surface area contributed by atoms with Crippen LogP contribution in [-0.2, 0) is 9.53 Å². The number of aromatic amines is 1. The molecular weight excluding hydrogens is 408 g/mol. The van der Waals surface area contributed by atoms with Crippen molar-refractivity contribution < 1.29 is 18.8 Å². The molecular formula is C20H20N4O5S. The maximum Gasteiger partial charge on any atom is 0.439 e. The van der Waals surface area contributed by atoms with Gasteiger partial charge in [-0.05, 0) is 24.3 Å². The van der Waals surface area contributed by atoms with Gasteiger partial charge in [-0.25, -0.2) is 4.79 Å². The minimum Gasteiger partial charge on any atom is -0.383 e. The van der Waals surface area contributed by atoms with E-state index in [1.54, 1.807) is 49.6 Å². The highest BCUT2D eigenvalue weighted by Crippen LogP contribution is 2.24. The average Bonchev–Trinajstić information content (AvgIpc) is 3.19. The highest BCUT2D eigenvalue weighted by molar-refractivity contribution is 8.00. The van der Waals surface area contributed by atoms with Crippen LogP contribution in [0.15, 0.2) is 62.7 Å². The highest BCUT2D eigenvalue weighted by atomic mass is 32.2. The van der Waals surface area contributed by atoms with E-state index in [2.05, 4.69) is 25.3 Å². The van der Waals surface area contributed by atoms with Crippen molar-refractivity contribution in [3.05, 3.63) is 64.6 Å². The molecule has 0 bridgehead atoms. The Hall–Kier alpha value is -3.37. The predicted octanol–water partition coefficient (Wildman–Crippen LogP) is 2.14. The van der Waals surface area contributed by atoms with E-state index in [1.807, 2.05) is 6.07 Å². The van der Waals surface area contributed by atoms with Gasteiger partial charge in [-0.2, -0.15) is 0 Å². The first-order valence-corrected chi connectivity index (χ1v) is 10.0. The van der Waals surface area contributed by atoms with E-state index in [9.17, 15) is 14.4 Å². The van der Waals surface area contributed by atoms with Crippen molar-refractivity contribution in [1.82, 2.24) is 15.5 Å². The topological polar surface area (TPSA) is 126 Å². The number of anilines is 1. The van der Waals surface area contributed by atoms with E-state index in [4.69, 9.17) is 4.74 Å². The van der Waals surface area contributed by atoms with Crippen LogP contribution in [0.1, 0.15) is 10.4 Å². The summed E-state index contributed by atoms with van der Waals surface area (Å²) in [5, 5.41) is 9.21. The Kier molecular flexibility index (Phi) is 7.41. The van der Waals surface area contributed by atoms with Crippen molar-refractivity contribution in [2.45, 2.75) is 4.90 Å². The Morgan fingerprint density at radius 2 is 2.03 bits per heavy atom. The van der Waals surface area contributed by atoms with Gasteiger partial charge in [0.25, 0.3) is 5.91 Å². The Morgan fingerprint density at radius 3 is 2.80 bits per heavy atom. The number of hydrogen-bond acceptors (Lipinski definition) is 7. The molecule has 3 aromatic rings. The summed E-state index contributed by atoms with van der Waals surface area (Å²) in [6.45, 7) is 0.877. The molecule has 2 aromatic carbocycles. The number of carbonyl (C=O) groups is 2. The minimum absolute atomic E-state index is 0.137. The molecule has 10 heteroatoms. The van der Waals surface area contributed by atoms with Crippen LogP contribution in [0, 0.1) is 0 Å². The highest BCUT2D eigenvalue weighted by Gasteiger charge is 2.14. The van der Waals surface area contributed by atoms with Crippen LogP contribution in [0.5, 0.6) is 0 Å². The van der Waals surface area contributed by atoms with Crippen LogP contribution in [0.25, 0.3) is 11.4 Å². The van der Waals surface area contributed by atoms with Gasteiger partial charge in [-0.3, -0.25) is 19.1 Å². The van der Waals surface area contributed by atoms with Gasteiger partial charge in [0.1, 0.15) is 0 Å². The Morgan fingerprint density at radius 1 is 1.20 bits per heavy atom. The van der Waals surface area contributed by atoms with Gasteiger partial charge < -0.3 is 15.4 Å². The first-order valence-electron chi connectivity index (χ1n) is 9.02. The van der Waals surface area contributed by atoms with Crippen molar-refractivity contribution in [2.75, 3.05) is 31.3 Å². The number of methoxy groups -OCH3 is 1. The second-order valence-electron chi connectivity index (χ2n) is 6.11. The fraction of sp³-hybridized carbons (Fsp3) is 0.200. The van der Waals surface area contributed by atoms with Gasteiger partial charge >= 0.3 is 5.76 Å². The van der Waals surface area contributed by atoms with Crippen molar-refractivity contribution >= 4 is 29.3 Å². The monoisotopic (exact) mass is 428 g/mol. The molecule has 0 spiro atoms. The second-order valence-corrected chi connectivity index (χ2v) is 7.12. The normalized spacial score (nSPS) is 10.6. The smallest absolute Gasteiger partial charge is 0.383 e. The molecule has 0 aliphatic rings. The van der Waals surface area contributed by atoms with E-state index in [0.717, 1.165) is 0 Å². The van der Waals surface area contributed by atoms with E-state index in [1.165, 1.54) is 11.8 Å². The third kappa shape index (κ3) is 5.82. The number of ether oxygens (including phenoxy) is 1. The molecule has 2 amide bonds. The number of hydrogen-bond donors (Lipinski definition) is 3. The lowest BCUT2D eigenvalue weighted by molar-refractivity contribution is -0.118. The molecule has 0 fully saturated rings. The molecule has 0 saturated heterocycles. The molecule has 0 aliphatic heterocycles. The quantitative estimate of drug-likeness (QED) is 0.352. The number of aromatic nitrogens is 2. The van der Waals surface area contributed by atoms with Crippen LogP contribution in [0.3, 0.4) is 0 Å². The van der Waals surface area contributed by atoms with E-state index >= 15 is 0 Å². The van der Waals surface area contributed by atoms with Crippen LogP contribution in [-0.4, -0.2) is 48.0 Å². The number of carbonyl (C=O) groups excluding carboxylic acids is 2. The van der Waals surface area contributed by atoms with Gasteiger partial charge in [0.15, 0.2) is 5.82 Å². The molecule has 0 saturated carbocycles. The molecule has 0 atom stereocenters. The molecule has 0 unspecified atom stereocenters. The van der Waals surface area contributed by atoms with Gasteiger partial charge in [-0.15, -0.1) is 11.8 Å². The Bertz CT molecular complexity index is 1080. The lowest BCUT2D eigenvalue weighted by Crippen LogP contribution is -2.28. The van der Waals surface area contributed by atoms with Gasteiger partial charge in [0.2, 0.25) is 5.91 Å². The van der Waals surface area contributed by atoms with Crippen molar-refractivity contribution in [3.63, 3.8) is 0 Å². The zero-order valence-corrected chi connectivity index (χ0v) is 17.0. The summed E-state index contributed by atoms with van der Waals surface area (Å²) < 4.78 is 9.41. The SMILES string of the molecule is COCCNC(=O)CSc1ccccc1C(=O)Nc1cccc(-c2noc(=O)[nH]2)c1. The van der Waals surface area contributed by atoms with Crippen LogP contribution >= 0.6 is 11.8 Å². The number of thioether (sulfide) groups is 1. The molecule has 156 valence electrons. The zero-order valence-electron chi connectivity index (χ0n) is 16.1. The number of benzene rings is 2. The molecule has 0 aliphatic carbocycles. The molecule has 3 rings (SSSR count). The third-order valence-electron chi connectivity index (χ3n) is 3.95. The zero-order chi connectivity index (χ0) is 21.3. The molecule has 9 nitrogen and oxygen atoms in total. The molecule has 0 radical (unpaired) electrons. The van der Waals surface area contributed by atoms with E-state index in [-0.39, 0.29) is 23.4 Å². The number of nitrogens with one attached hydrogen (secondary N) is 3. The van der Waals surface area contributed by atoms with Crippen LogP contribution < -0.4 is 16.4 Å². The summed E-state index contributed by atoms with van der Waals surface area (Å²) in [4.78, 5) is 39.0. The molecule has 1 aromatic heterocycles. The maximum absolute atomic E-state index is 12.8. The third-order valence-corrected chi connectivity index (χ3v) is 5.03. The van der Waals surface area contributed by atoms with Crippen LogP contribution in [0.4, 0.5) is 5.69 Å². The number of amides is 2. The maximum atomic E-state index is 12.8. The number of nitrogens with zero attached hydrogens (tertiary/aromatic N) is 1. The number of H-pyrrole nitrogens is 1. The summed E-state index contributed by atoms with van der Waals surface area (Å²) in [5.41, 5.74) is 1.57. The van der Waals surface area contributed by atoms with Crippen molar-refractivity contribution in [1.29, 1.82) is 0 Å². The standard InChI is InChI=1S/C20H20N4O5S/c1-28-10-9-21-17(25)12-30-16-8-3-2-7-15(16)19(26)22-14-6-4-5-13(11-14)18-23-20(27)29-24-18/h2-8,11H,9-10,12H2,1H3,(H,21,25)(H,22,26)(H,23,24,27). The summed E-state index contributed by atoms with van der Waals surface area (Å²) >= 11 is 1.28. The lowest BCUT2D eigenvalue weighted by Gasteiger charge is -2.11. The fourth-order valence-corrected chi connectivity index (χ4v) is 3.44. The first kappa shape index (κ1) is 21.3. The van der Waals surface area contributed by atoms with E-state index in [0.29, 0.717) is 34.9 Å². The largest absolute Gasteiger partial charge is 0.439 e. The summed E-state index contributed by atoms with van der Waals surface area (Å²) in [6.07, 6.45) is 0. The summed E-state index contributed by atoms with van der Waals surface area (Å²) in [6, 6.07) is 13.9. The fourth-order valence-electron chi connectivity index (χ4n) is 2.56. The van der Waals surface area contributed by atoms with Crippen LogP contribution in [0.2, 0.25) is 0 Å². The first-order chi connectivity index (χ1) is 14.6. The summed E-state index contributed by atoms with van der Waals surface area (Å²) in [7, 11) is 1.57. The number of rotatable bonds is 9.